The average Bonchev–Trinajstić information content (AvgIpc) is 2.51. The van der Waals surface area contributed by atoms with Gasteiger partial charge in [-0.2, -0.15) is 0 Å². The fraction of sp³-hybridized carbons (Fsp3) is 0.900. The summed E-state index contributed by atoms with van der Waals surface area (Å²) in [5, 5.41) is 12.7. The van der Waals surface area contributed by atoms with Gasteiger partial charge in [-0.3, -0.25) is 4.79 Å². The van der Waals surface area contributed by atoms with Crippen molar-refractivity contribution in [2.24, 2.45) is 0 Å². The Bertz CT molecular complexity index is 195. The number of nitrogens with one attached hydrogen (secondary N) is 1. The van der Waals surface area contributed by atoms with E-state index in [0.717, 1.165) is 19.3 Å². The Morgan fingerprint density at radius 3 is 2.71 bits per heavy atom. The van der Waals surface area contributed by atoms with Crippen molar-refractivity contribution in [2.45, 2.75) is 37.8 Å². The van der Waals surface area contributed by atoms with E-state index < -0.39 is 0 Å². The number of aliphatic hydroxyl groups is 1. The predicted octanol–water partition coefficient (Wildman–Crippen LogP) is -0.0323. The van der Waals surface area contributed by atoms with Crippen molar-refractivity contribution in [3.8, 4) is 0 Å². The molecule has 1 aliphatic rings. The molecular formula is C10H20N2O2. The molecule has 1 rings (SSSR count). The Balaban J connectivity index is 2.12. The third-order valence-electron chi connectivity index (χ3n) is 2.72. The highest BCUT2D eigenvalue weighted by Crippen LogP contribution is 2.18. The number of rotatable bonds is 4. The van der Waals surface area contributed by atoms with Crippen LogP contribution in [0.4, 0.5) is 0 Å². The van der Waals surface area contributed by atoms with Gasteiger partial charge in [0.2, 0.25) is 5.91 Å². The molecule has 2 N–H and O–H groups in total. The van der Waals surface area contributed by atoms with Crippen LogP contribution in [0.1, 0.15) is 25.7 Å². The number of nitrogens with zero attached hydrogens (tertiary/aromatic N) is 1. The van der Waals surface area contributed by atoms with E-state index in [9.17, 15) is 9.90 Å². The molecular weight excluding hydrogens is 180 g/mol. The van der Waals surface area contributed by atoms with Gasteiger partial charge in [0.15, 0.2) is 0 Å². The van der Waals surface area contributed by atoms with E-state index in [1.54, 1.807) is 19.0 Å². The lowest BCUT2D eigenvalue weighted by Crippen LogP contribution is -2.37. The molecule has 0 radical (unpaired) electrons. The molecule has 2 unspecified atom stereocenters. The summed E-state index contributed by atoms with van der Waals surface area (Å²) >= 11 is 0. The summed E-state index contributed by atoms with van der Waals surface area (Å²) in [6.45, 7) is 0.665. The summed E-state index contributed by atoms with van der Waals surface area (Å²) in [5.41, 5.74) is 0. The molecule has 4 nitrogen and oxygen atoms in total. The number of amides is 1. The second-order valence-corrected chi connectivity index (χ2v) is 4.10. The maximum atomic E-state index is 11.2. The van der Waals surface area contributed by atoms with Crippen molar-refractivity contribution in [1.29, 1.82) is 0 Å². The lowest BCUT2D eigenvalue weighted by Gasteiger charge is -2.17. The summed E-state index contributed by atoms with van der Waals surface area (Å²) in [7, 11) is 3.51. The number of carbonyl (C=O) groups is 1. The first-order valence-corrected chi connectivity index (χ1v) is 5.23. The summed E-state index contributed by atoms with van der Waals surface area (Å²) in [6, 6.07) is 0.199. The van der Waals surface area contributed by atoms with Crippen molar-refractivity contribution in [2.75, 3.05) is 20.6 Å². The normalized spacial score (nSPS) is 26.5. The van der Waals surface area contributed by atoms with Gasteiger partial charge in [0.05, 0.1) is 6.10 Å². The Hall–Kier alpha value is -0.610. The molecule has 14 heavy (non-hydrogen) atoms. The maximum absolute atomic E-state index is 11.2. The van der Waals surface area contributed by atoms with Gasteiger partial charge in [-0.25, -0.2) is 0 Å². The molecule has 1 fully saturated rings. The fourth-order valence-corrected chi connectivity index (χ4v) is 1.77. The smallest absolute Gasteiger partial charge is 0.223 e. The SMILES string of the molecule is CN(C)C(=O)CCNC1CCCC1O. The van der Waals surface area contributed by atoms with Crippen molar-refractivity contribution < 1.29 is 9.90 Å². The topological polar surface area (TPSA) is 52.6 Å². The van der Waals surface area contributed by atoms with Crippen molar-refractivity contribution in [3.63, 3.8) is 0 Å². The Kier molecular flexibility index (Phi) is 4.35. The van der Waals surface area contributed by atoms with Gasteiger partial charge in [0.1, 0.15) is 0 Å². The van der Waals surface area contributed by atoms with Gasteiger partial charge in [-0.1, -0.05) is 0 Å². The standard InChI is InChI=1S/C10H20N2O2/c1-12(2)10(14)6-7-11-8-4-3-5-9(8)13/h8-9,11,13H,3-7H2,1-2H3. The van der Waals surface area contributed by atoms with E-state index in [4.69, 9.17) is 0 Å². The second-order valence-electron chi connectivity index (χ2n) is 4.10. The van der Waals surface area contributed by atoms with E-state index in [-0.39, 0.29) is 18.1 Å². The molecule has 2 atom stereocenters. The Morgan fingerprint density at radius 1 is 1.50 bits per heavy atom. The summed E-state index contributed by atoms with van der Waals surface area (Å²) in [6.07, 6.45) is 3.29. The molecule has 0 aromatic heterocycles. The van der Waals surface area contributed by atoms with Crippen molar-refractivity contribution in [1.82, 2.24) is 10.2 Å². The summed E-state index contributed by atoms with van der Waals surface area (Å²) in [4.78, 5) is 12.8. The van der Waals surface area contributed by atoms with E-state index >= 15 is 0 Å². The average molecular weight is 200 g/mol. The van der Waals surface area contributed by atoms with Crippen LogP contribution in [-0.2, 0) is 4.79 Å². The highest BCUT2D eigenvalue weighted by Gasteiger charge is 2.24. The molecule has 0 spiro atoms. The maximum Gasteiger partial charge on any atom is 0.223 e. The molecule has 1 amide bonds. The van der Waals surface area contributed by atoms with Gasteiger partial charge in [0.25, 0.3) is 0 Å². The number of hydrogen-bond donors (Lipinski definition) is 2. The summed E-state index contributed by atoms with van der Waals surface area (Å²) in [5.74, 6) is 0.130. The van der Waals surface area contributed by atoms with Crippen LogP contribution in [0.2, 0.25) is 0 Å². The third kappa shape index (κ3) is 3.27. The van der Waals surface area contributed by atoms with E-state index in [0.29, 0.717) is 13.0 Å². The lowest BCUT2D eigenvalue weighted by atomic mass is 10.2. The molecule has 0 saturated heterocycles. The fourth-order valence-electron chi connectivity index (χ4n) is 1.77. The van der Waals surface area contributed by atoms with Gasteiger partial charge in [-0.15, -0.1) is 0 Å². The Morgan fingerprint density at radius 2 is 2.21 bits per heavy atom. The van der Waals surface area contributed by atoms with E-state index in [2.05, 4.69) is 5.32 Å². The van der Waals surface area contributed by atoms with Crippen LogP contribution < -0.4 is 5.32 Å². The molecule has 0 bridgehead atoms. The van der Waals surface area contributed by atoms with Gasteiger partial charge in [0, 0.05) is 33.1 Å². The minimum Gasteiger partial charge on any atom is -0.392 e. The van der Waals surface area contributed by atoms with Gasteiger partial charge < -0.3 is 15.3 Å². The monoisotopic (exact) mass is 200 g/mol. The molecule has 0 aromatic carbocycles. The largest absolute Gasteiger partial charge is 0.392 e. The van der Waals surface area contributed by atoms with Crippen LogP contribution in [0.3, 0.4) is 0 Å². The minimum absolute atomic E-state index is 0.130. The molecule has 1 saturated carbocycles. The molecule has 0 aliphatic heterocycles. The number of carbonyl (C=O) groups excluding carboxylic acids is 1. The highest BCUT2D eigenvalue weighted by atomic mass is 16.3. The van der Waals surface area contributed by atoms with Crippen LogP contribution in [-0.4, -0.2) is 48.7 Å². The van der Waals surface area contributed by atoms with E-state index in [1.165, 1.54) is 0 Å². The molecule has 0 aromatic rings. The molecule has 1 aliphatic carbocycles. The quantitative estimate of drug-likeness (QED) is 0.670. The zero-order valence-electron chi connectivity index (χ0n) is 8.99. The first-order valence-electron chi connectivity index (χ1n) is 5.23. The van der Waals surface area contributed by atoms with Crippen LogP contribution in [0, 0.1) is 0 Å². The van der Waals surface area contributed by atoms with Crippen LogP contribution in [0.5, 0.6) is 0 Å². The van der Waals surface area contributed by atoms with Crippen LogP contribution >= 0.6 is 0 Å². The third-order valence-corrected chi connectivity index (χ3v) is 2.72. The van der Waals surface area contributed by atoms with Crippen molar-refractivity contribution >= 4 is 5.91 Å². The highest BCUT2D eigenvalue weighted by molar-refractivity contribution is 5.75. The first-order chi connectivity index (χ1) is 6.61. The lowest BCUT2D eigenvalue weighted by molar-refractivity contribution is -0.128. The zero-order chi connectivity index (χ0) is 10.6. The molecule has 82 valence electrons. The van der Waals surface area contributed by atoms with Crippen molar-refractivity contribution in [3.05, 3.63) is 0 Å². The minimum atomic E-state index is -0.218. The van der Waals surface area contributed by atoms with E-state index in [1.807, 2.05) is 0 Å². The number of aliphatic hydroxyl groups excluding tert-OH is 1. The zero-order valence-corrected chi connectivity index (χ0v) is 8.99. The van der Waals surface area contributed by atoms with Gasteiger partial charge >= 0.3 is 0 Å². The summed E-state index contributed by atoms with van der Waals surface area (Å²) < 4.78 is 0. The number of hydrogen-bond acceptors (Lipinski definition) is 3. The molecule has 4 heteroatoms. The molecule has 0 heterocycles. The first kappa shape index (κ1) is 11.5. The second kappa shape index (κ2) is 5.32. The van der Waals surface area contributed by atoms with Gasteiger partial charge in [-0.05, 0) is 19.3 Å². The van der Waals surface area contributed by atoms with Crippen LogP contribution in [0.15, 0.2) is 0 Å². The predicted molar refractivity (Wildman–Crippen MR) is 55.0 cm³/mol. The Labute approximate surface area is 85.3 Å². The van der Waals surface area contributed by atoms with Crippen LogP contribution in [0.25, 0.3) is 0 Å².